The molecule has 0 bridgehead atoms. The maximum absolute atomic E-state index is 10.7. The van der Waals surface area contributed by atoms with Gasteiger partial charge in [0.1, 0.15) is 0 Å². The first kappa shape index (κ1) is 31.1. The highest BCUT2D eigenvalue weighted by Gasteiger charge is 2.34. The van der Waals surface area contributed by atoms with Gasteiger partial charge in [0, 0.05) is 44.7 Å². The van der Waals surface area contributed by atoms with Crippen molar-refractivity contribution in [2.24, 2.45) is 0 Å². The minimum Gasteiger partial charge on any atom is -0.759 e. The zero-order valence-electron chi connectivity index (χ0n) is 19.8. The molecule has 0 saturated carbocycles. The van der Waals surface area contributed by atoms with Gasteiger partial charge >= 0.3 is 42.4 Å². The summed E-state index contributed by atoms with van der Waals surface area (Å²) in [5.74, 6) is 3.02. The molecule has 0 fully saturated rings. The molecule has 41 heavy (non-hydrogen) atoms. The summed E-state index contributed by atoms with van der Waals surface area (Å²) in [6.45, 7) is 0. The molecule has 4 aromatic rings. The van der Waals surface area contributed by atoms with E-state index in [1.807, 2.05) is 24.3 Å². The third-order valence-corrected chi connectivity index (χ3v) is 11.1. The average molecular weight is 845 g/mol. The quantitative estimate of drug-likeness (QED) is 0.0733. The zero-order valence-corrected chi connectivity index (χ0v) is 26.5. The molecule has 17 heteroatoms. The highest BCUT2D eigenvalue weighted by Crippen LogP contribution is 2.29. The van der Waals surface area contributed by atoms with E-state index in [1.165, 1.54) is 12.1 Å². The summed E-state index contributed by atoms with van der Waals surface area (Å²) in [6.07, 6.45) is 0. The second-order valence-corrected chi connectivity index (χ2v) is 15.1. The molecule has 0 amide bonds. The zero-order chi connectivity index (χ0) is 29.9. The SMILES string of the molecule is O=S(=O)([O-])[O-].O=[N+]([O-])c1ccc2c(c1)[I+]c1cc(Cl)ccc1O2.O=[N+]([O-])c1ccc2c(c1)[I+]c1cc(Cl)ccc1O2. The number of nitro groups is 2. The van der Waals surface area contributed by atoms with Gasteiger partial charge in [-0.05, 0) is 36.4 Å². The van der Waals surface area contributed by atoms with Crippen molar-refractivity contribution < 1.29 is 79.3 Å². The van der Waals surface area contributed by atoms with Gasteiger partial charge in [-0.25, -0.2) is 0 Å². The fourth-order valence-electron chi connectivity index (χ4n) is 3.24. The summed E-state index contributed by atoms with van der Waals surface area (Å²) >= 11 is 10.9. The predicted octanol–water partition coefficient (Wildman–Crippen LogP) is -0.373. The smallest absolute Gasteiger partial charge is 0.366 e. The van der Waals surface area contributed by atoms with Crippen molar-refractivity contribution in [3.8, 4) is 23.0 Å². The van der Waals surface area contributed by atoms with Crippen LogP contribution in [-0.2, 0) is 10.4 Å². The normalized spacial score (nSPS) is 12.2. The van der Waals surface area contributed by atoms with Gasteiger partial charge in [0.05, 0.1) is 22.0 Å². The van der Waals surface area contributed by atoms with Gasteiger partial charge in [-0.2, -0.15) is 0 Å². The summed E-state index contributed by atoms with van der Waals surface area (Å²) in [5.41, 5.74) is 0.199. The van der Waals surface area contributed by atoms with Crippen molar-refractivity contribution >= 4 is 45.0 Å². The topological polar surface area (TPSA) is 185 Å². The molecule has 0 unspecified atom stereocenters. The van der Waals surface area contributed by atoms with Gasteiger partial charge in [0.25, 0.3) is 11.4 Å². The number of hydrogen-bond acceptors (Lipinski definition) is 10. The first-order valence-electron chi connectivity index (χ1n) is 10.7. The monoisotopic (exact) mass is 844 g/mol. The van der Waals surface area contributed by atoms with Crippen LogP contribution < -0.4 is 51.9 Å². The van der Waals surface area contributed by atoms with Gasteiger partial charge in [0.2, 0.25) is 14.3 Å². The average Bonchev–Trinajstić information content (AvgIpc) is 2.89. The number of nitrogens with zero attached hydrogens (tertiary/aromatic N) is 2. The molecule has 0 N–H and O–H groups in total. The maximum atomic E-state index is 10.7. The molecular formula is C24H12Cl2I2N2O10S. The first-order chi connectivity index (χ1) is 19.3. The Morgan fingerprint density at radius 2 is 0.878 bits per heavy atom. The molecular weight excluding hydrogens is 833 g/mol. The molecule has 0 saturated heterocycles. The van der Waals surface area contributed by atoms with E-state index in [0.717, 1.165) is 25.8 Å². The molecule has 6 rings (SSSR count). The fourth-order valence-corrected chi connectivity index (χ4v) is 9.36. The van der Waals surface area contributed by atoms with Gasteiger partial charge in [-0.3, -0.25) is 28.6 Å². The Hall–Kier alpha value is -2.81. The van der Waals surface area contributed by atoms with Crippen LogP contribution in [0.2, 0.25) is 10.0 Å². The van der Waals surface area contributed by atoms with Gasteiger partial charge in [0.15, 0.2) is 23.0 Å². The largest absolute Gasteiger partial charge is 0.759 e. The number of nitro benzene ring substituents is 2. The lowest BCUT2D eigenvalue weighted by atomic mass is 10.3. The molecule has 0 spiro atoms. The Balaban J connectivity index is 0.000000163. The summed E-state index contributed by atoms with van der Waals surface area (Å²) in [4.78, 5) is 20.7. The molecule has 2 aliphatic rings. The van der Waals surface area contributed by atoms with E-state index in [-0.39, 0.29) is 11.4 Å². The standard InChI is InChI=1S/2C12H6ClINO3.H2O4S/c2*13-7-1-3-11-9(5-7)14-10-6-8(15(16)17)2-4-12(10)18-11;1-5(2,3)4/h2*1-6H;(H2,1,2,3,4)/q2*+1;/p-2. The molecule has 0 aliphatic carbocycles. The Bertz CT molecular complexity index is 1670. The van der Waals surface area contributed by atoms with Crippen LogP contribution in [0, 0.1) is 34.5 Å². The van der Waals surface area contributed by atoms with Crippen molar-refractivity contribution in [1.82, 2.24) is 0 Å². The summed E-state index contributed by atoms with van der Waals surface area (Å²) in [5, 5.41) is 22.8. The summed E-state index contributed by atoms with van der Waals surface area (Å²) in [6, 6.07) is 20.4. The van der Waals surface area contributed by atoms with Crippen LogP contribution in [0.1, 0.15) is 0 Å². The summed E-state index contributed by atoms with van der Waals surface area (Å²) in [7, 11) is -5.17. The number of fused-ring (bicyclic) bond motifs is 4. The lowest BCUT2D eigenvalue weighted by Gasteiger charge is -2.10. The number of benzene rings is 4. The van der Waals surface area contributed by atoms with Crippen LogP contribution in [0.25, 0.3) is 0 Å². The van der Waals surface area contributed by atoms with Gasteiger partial charge in [-0.15, -0.1) is 0 Å². The number of non-ortho nitro benzene ring substituents is 2. The van der Waals surface area contributed by atoms with E-state index in [0.29, 0.717) is 21.5 Å². The minimum atomic E-state index is -5.17. The molecule has 0 aromatic heterocycles. The third kappa shape index (κ3) is 8.60. The van der Waals surface area contributed by atoms with Crippen LogP contribution in [0.3, 0.4) is 0 Å². The highest BCUT2D eigenvalue weighted by molar-refractivity contribution is 7.79. The minimum absolute atomic E-state index is 0.0996. The lowest BCUT2D eigenvalue weighted by Crippen LogP contribution is -3.62. The van der Waals surface area contributed by atoms with E-state index >= 15 is 0 Å². The predicted molar refractivity (Wildman–Crippen MR) is 135 cm³/mol. The van der Waals surface area contributed by atoms with Crippen LogP contribution in [0.15, 0.2) is 72.8 Å². The van der Waals surface area contributed by atoms with E-state index < -0.39 is 62.7 Å². The number of halogens is 4. The molecule has 4 aromatic carbocycles. The Morgan fingerprint density at radius 3 is 1.20 bits per heavy atom. The van der Waals surface area contributed by atoms with Crippen LogP contribution in [-0.4, -0.2) is 27.4 Å². The fraction of sp³-hybridized carbons (Fsp3) is 0. The van der Waals surface area contributed by atoms with Crippen molar-refractivity contribution in [1.29, 1.82) is 0 Å². The van der Waals surface area contributed by atoms with Crippen molar-refractivity contribution in [2.45, 2.75) is 0 Å². The molecule has 212 valence electrons. The Morgan fingerprint density at radius 1 is 0.585 bits per heavy atom. The molecule has 2 aliphatic heterocycles. The maximum Gasteiger partial charge on any atom is 0.366 e. The molecule has 0 radical (unpaired) electrons. The van der Waals surface area contributed by atoms with E-state index in [1.54, 1.807) is 36.4 Å². The molecule has 12 nitrogen and oxygen atoms in total. The highest BCUT2D eigenvalue weighted by atomic mass is 127. The van der Waals surface area contributed by atoms with Crippen LogP contribution >= 0.6 is 23.2 Å². The number of hydrogen-bond donors (Lipinski definition) is 0. The van der Waals surface area contributed by atoms with Gasteiger partial charge < -0.3 is 18.6 Å². The van der Waals surface area contributed by atoms with Crippen molar-refractivity contribution in [3.63, 3.8) is 0 Å². The van der Waals surface area contributed by atoms with Crippen molar-refractivity contribution in [2.75, 3.05) is 0 Å². The first-order valence-corrected chi connectivity index (χ1v) is 17.2. The third-order valence-electron chi connectivity index (χ3n) is 4.89. The van der Waals surface area contributed by atoms with E-state index in [9.17, 15) is 20.2 Å². The van der Waals surface area contributed by atoms with E-state index in [2.05, 4.69) is 0 Å². The second kappa shape index (κ2) is 13.0. The van der Waals surface area contributed by atoms with Crippen molar-refractivity contribution in [3.05, 3.63) is 117 Å². The van der Waals surface area contributed by atoms with E-state index in [4.69, 9.17) is 50.2 Å². The van der Waals surface area contributed by atoms with Crippen LogP contribution in [0.5, 0.6) is 23.0 Å². The Kier molecular flexibility index (Phi) is 9.88. The second-order valence-electron chi connectivity index (χ2n) is 7.69. The molecule has 2 heterocycles. The molecule has 0 atom stereocenters. The van der Waals surface area contributed by atoms with Crippen LogP contribution in [0.4, 0.5) is 11.4 Å². The number of ether oxygens (including phenoxy) is 2. The lowest BCUT2D eigenvalue weighted by molar-refractivity contribution is -0.603. The van der Waals surface area contributed by atoms with Gasteiger partial charge in [-0.1, -0.05) is 23.2 Å². The number of rotatable bonds is 2. The summed E-state index contributed by atoms with van der Waals surface area (Å²) < 4.78 is 49.4. The Labute approximate surface area is 262 Å².